The van der Waals surface area contributed by atoms with Crippen LogP contribution in [0.15, 0.2) is 18.2 Å². The molecule has 0 aromatic heterocycles. The molecule has 0 atom stereocenters. The number of hydrogen-bond acceptors (Lipinski definition) is 3. The van der Waals surface area contributed by atoms with E-state index in [-0.39, 0.29) is 0 Å². The second-order valence-electron chi connectivity index (χ2n) is 4.04. The Hall–Kier alpha value is -1.06. The van der Waals surface area contributed by atoms with Gasteiger partial charge in [-0.1, -0.05) is 26.0 Å². The zero-order valence-corrected chi connectivity index (χ0v) is 11.2. The molecule has 2 N–H and O–H groups in total. The Kier molecular flexibility index (Phi) is 6.01. The standard InChI is InChI=1S/C14H24N2O/c1-4-16(5-2)11-12-7-8-13(10-15)14(9-12)17-6-3/h7-9H,4-6,10-11,15H2,1-3H3. The highest BCUT2D eigenvalue weighted by Gasteiger charge is 2.06. The molecule has 0 spiro atoms. The molecule has 0 saturated heterocycles. The predicted octanol–water partition coefficient (Wildman–Crippen LogP) is 2.39. The Balaban J connectivity index is 2.83. The summed E-state index contributed by atoms with van der Waals surface area (Å²) >= 11 is 0. The van der Waals surface area contributed by atoms with Crippen molar-refractivity contribution in [2.45, 2.75) is 33.9 Å². The first-order valence-electron chi connectivity index (χ1n) is 6.42. The van der Waals surface area contributed by atoms with Gasteiger partial charge in [-0.05, 0) is 31.6 Å². The van der Waals surface area contributed by atoms with E-state index in [1.54, 1.807) is 0 Å². The van der Waals surface area contributed by atoms with Crippen molar-refractivity contribution in [2.24, 2.45) is 5.73 Å². The van der Waals surface area contributed by atoms with Crippen molar-refractivity contribution in [2.75, 3.05) is 19.7 Å². The van der Waals surface area contributed by atoms with E-state index in [0.29, 0.717) is 13.2 Å². The molecule has 1 aromatic carbocycles. The topological polar surface area (TPSA) is 38.5 Å². The van der Waals surface area contributed by atoms with Crippen molar-refractivity contribution in [3.05, 3.63) is 29.3 Å². The van der Waals surface area contributed by atoms with Crippen LogP contribution in [0, 0.1) is 0 Å². The highest BCUT2D eigenvalue weighted by Crippen LogP contribution is 2.21. The first-order valence-corrected chi connectivity index (χ1v) is 6.42. The van der Waals surface area contributed by atoms with Gasteiger partial charge in [-0.15, -0.1) is 0 Å². The zero-order chi connectivity index (χ0) is 12.7. The van der Waals surface area contributed by atoms with E-state index in [1.807, 2.05) is 6.92 Å². The molecule has 0 aliphatic carbocycles. The Bertz CT molecular complexity index is 335. The smallest absolute Gasteiger partial charge is 0.124 e. The number of nitrogens with two attached hydrogens (primary N) is 1. The average Bonchev–Trinajstić information content (AvgIpc) is 2.36. The van der Waals surface area contributed by atoms with E-state index >= 15 is 0 Å². The molecule has 0 aliphatic heterocycles. The van der Waals surface area contributed by atoms with E-state index in [0.717, 1.165) is 30.9 Å². The minimum absolute atomic E-state index is 0.529. The maximum atomic E-state index is 5.69. The number of benzene rings is 1. The monoisotopic (exact) mass is 236 g/mol. The highest BCUT2D eigenvalue weighted by atomic mass is 16.5. The molecule has 3 nitrogen and oxygen atoms in total. The van der Waals surface area contributed by atoms with Crippen LogP contribution in [0.5, 0.6) is 5.75 Å². The number of rotatable bonds is 7. The van der Waals surface area contributed by atoms with Crippen LogP contribution in [0.25, 0.3) is 0 Å². The minimum Gasteiger partial charge on any atom is -0.494 e. The molecule has 0 saturated carbocycles. The Morgan fingerprint density at radius 2 is 1.88 bits per heavy atom. The van der Waals surface area contributed by atoms with Crippen molar-refractivity contribution in [1.29, 1.82) is 0 Å². The van der Waals surface area contributed by atoms with Crippen LogP contribution >= 0.6 is 0 Å². The molecule has 0 amide bonds. The first-order chi connectivity index (χ1) is 8.24. The van der Waals surface area contributed by atoms with Gasteiger partial charge >= 0.3 is 0 Å². The van der Waals surface area contributed by atoms with Crippen LogP contribution < -0.4 is 10.5 Å². The molecule has 0 heterocycles. The van der Waals surface area contributed by atoms with Gasteiger partial charge in [0.2, 0.25) is 0 Å². The predicted molar refractivity (Wildman–Crippen MR) is 72.1 cm³/mol. The van der Waals surface area contributed by atoms with Crippen molar-refractivity contribution < 1.29 is 4.74 Å². The Labute approximate surface area is 105 Å². The second-order valence-corrected chi connectivity index (χ2v) is 4.04. The van der Waals surface area contributed by atoms with Crippen molar-refractivity contribution >= 4 is 0 Å². The lowest BCUT2D eigenvalue weighted by Crippen LogP contribution is -2.22. The van der Waals surface area contributed by atoms with Gasteiger partial charge in [0, 0.05) is 18.7 Å². The van der Waals surface area contributed by atoms with E-state index in [1.165, 1.54) is 5.56 Å². The molecule has 17 heavy (non-hydrogen) atoms. The molecular weight excluding hydrogens is 212 g/mol. The Morgan fingerprint density at radius 1 is 1.18 bits per heavy atom. The van der Waals surface area contributed by atoms with Gasteiger partial charge in [0.15, 0.2) is 0 Å². The fourth-order valence-electron chi connectivity index (χ4n) is 1.86. The molecule has 0 bridgehead atoms. The van der Waals surface area contributed by atoms with Gasteiger partial charge in [-0.25, -0.2) is 0 Å². The van der Waals surface area contributed by atoms with Crippen LogP contribution in [0.1, 0.15) is 31.9 Å². The van der Waals surface area contributed by atoms with Gasteiger partial charge in [-0.2, -0.15) is 0 Å². The molecule has 1 rings (SSSR count). The summed E-state index contributed by atoms with van der Waals surface area (Å²) in [6.45, 7) is 10.7. The maximum Gasteiger partial charge on any atom is 0.124 e. The Morgan fingerprint density at radius 3 is 2.41 bits per heavy atom. The average molecular weight is 236 g/mol. The van der Waals surface area contributed by atoms with Gasteiger partial charge in [-0.3, -0.25) is 4.90 Å². The molecule has 0 aliphatic rings. The van der Waals surface area contributed by atoms with Crippen molar-refractivity contribution in [3.63, 3.8) is 0 Å². The minimum atomic E-state index is 0.529. The third-order valence-electron chi connectivity index (χ3n) is 2.95. The number of ether oxygens (including phenoxy) is 1. The third-order valence-corrected chi connectivity index (χ3v) is 2.95. The SMILES string of the molecule is CCOc1cc(CN(CC)CC)ccc1CN. The zero-order valence-electron chi connectivity index (χ0n) is 11.2. The lowest BCUT2D eigenvalue weighted by Gasteiger charge is -2.19. The van der Waals surface area contributed by atoms with Gasteiger partial charge in [0.05, 0.1) is 6.61 Å². The molecule has 0 radical (unpaired) electrons. The maximum absolute atomic E-state index is 5.69. The second kappa shape index (κ2) is 7.30. The van der Waals surface area contributed by atoms with Crippen LogP contribution in [0.3, 0.4) is 0 Å². The molecule has 96 valence electrons. The van der Waals surface area contributed by atoms with Crippen LogP contribution in [0.2, 0.25) is 0 Å². The summed E-state index contributed by atoms with van der Waals surface area (Å²) < 4.78 is 5.62. The van der Waals surface area contributed by atoms with Crippen LogP contribution in [0.4, 0.5) is 0 Å². The molecule has 3 heteroatoms. The van der Waals surface area contributed by atoms with Gasteiger partial charge < -0.3 is 10.5 Å². The largest absolute Gasteiger partial charge is 0.494 e. The highest BCUT2D eigenvalue weighted by molar-refractivity contribution is 5.37. The third kappa shape index (κ3) is 4.02. The van der Waals surface area contributed by atoms with Gasteiger partial charge in [0.1, 0.15) is 5.75 Å². The van der Waals surface area contributed by atoms with Crippen LogP contribution in [-0.2, 0) is 13.1 Å². The van der Waals surface area contributed by atoms with E-state index in [4.69, 9.17) is 10.5 Å². The summed E-state index contributed by atoms with van der Waals surface area (Å²) in [5, 5.41) is 0. The molecule has 0 fully saturated rings. The van der Waals surface area contributed by atoms with E-state index in [2.05, 4.69) is 36.9 Å². The van der Waals surface area contributed by atoms with Gasteiger partial charge in [0.25, 0.3) is 0 Å². The number of nitrogens with zero attached hydrogens (tertiary/aromatic N) is 1. The molecule has 1 aromatic rings. The summed E-state index contributed by atoms with van der Waals surface area (Å²) in [5.41, 5.74) is 8.06. The molecular formula is C14H24N2O. The van der Waals surface area contributed by atoms with Crippen molar-refractivity contribution in [1.82, 2.24) is 4.90 Å². The quantitative estimate of drug-likeness (QED) is 0.790. The summed E-state index contributed by atoms with van der Waals surface area (Å²) in [6.07, 6.45) is 0. The lowest BCUT2D eigenvalue weighted by atomic mass is 10.1. The van der Waals surface area contributed by atoms with Crippen LogP contribution in [-0.4, -0.2) is 24.6 Å². The lowest BCUT2D eigenvalue weighted by molar-refractivity contribution is 0.294. The summed E-state index contributed by atoms with van der Waals surface area (Å²) in [6, 6.07) is 6.33. The fraction of sp³-hybridized carbons (Fsp3) is 0.571. The van der Waals surface area contributed by atoms with E-state index < -0.39 is 0 Å². The summed E-state index contributed by atoms with van der Waals surface area (Å²) in [7, 11) is 0. The molecule has 0 unspecified atom stereocenters. The fourth-order valence-corrected chi connectivity index (χ4v) is 1.86. The summed E-state index contributed by atoms with van der Waals surface area (Å²) in [4.78, 5) is 2.38. The van der Waals surface area contributed by atoms with Crippen molar-refractivity contribution in [3.8, 4) is 5.75 Å². The van der Waals surface area contributed by atoms with E-state index in [9.17, 15) is 0 Å². The first kappa shape index (κ1) is 14.0. The summed E-state index contributed by atoms with van der Waals surface area (Å²) in [5.74, 6) is 0.930. The number of hydrogen-bond donors (Lipinski definition) is 1. The normalized spacial score (nSPS) is 10.9.